The number of carbonyl (C=O) groups excluding carboxylic acids is 1. The molecule has 0 amide bonds. The van der Waals surface area contributed by atoms with Gasteiger partial charge < -0.3 is 23.5 Å². The van der Waals surface area contributed by atoms with Crippen LogP contribution in [0.4, 0.5) is 0 Å². The van der Waals surface area contributed by atoms with Crippen LogP contribution in [0, 0.1) is 0 Å². The zero-order chi connectivity index (χ0) is 18.5. The molecule has 0 aliphatic carbocycles. The lowest BCUT2D eigenvalue weighted by atomic mass is 10.1. The maximum absolute atomic E-state index is 12.4. The van der Waals surface area contributed by atoms with E-state index in [9.17, 15) is 4.79 Å². The van der Waals surface area contributed by atoms with Crippen LogP contribution in [0.3, 0.4) is 0 Å². The lowest BCUT2D eigenvalue weighted by molar-refractivity contribution is 0.0460. The summed E-state index contributed by atoms with van der Waals surface area (Å²) < 4.78 is 26.4. The van der Waals surface area contributed by atoms with Gasteiger partial charge in [0.1, 0.15) is 17.9 Å². The molecular formula is C18H17NO6S. The van der Waals surface area contributed by atoms with Gasteiger partial charge in [0.05, 0.1) is 26.2 Å². The number of esters is 1. The second-order valence-electron chi connectivity index (χ2n) is 5.12. The minimum atomic E-state index is -0.566. The number of hydrogen-bond acceptors (Lipinski definition) is 8. The van der Waals surface area contributed by atoms with Crippen molar-refractivity contribution >= 4 is 17.3 Å². The Morgan fingerprint density at radius 3 is 2.58 bits per heavy atom. The van der Waals surface area contributed by atoms with Crippen molar-refractivity contribution in [1.82, 2.24) is 5.16 Å². The van der Waals surface area contributed by atoms with Crippen LogP contribution in [-0.4, -0.2) is 32.5 Å². The molecule has 2 aromatic heterocycles. The zero-order valence-corrected chi connectivity index (χ0v) is 15.3. The zero-order valence-electron chi connectivity index (χ0n) is 14.5. The van der Waals surface area contributed by atoms with Gasteiger partial charge in [-0.05, 0) is 23.6 Å². The molecule has 136 valence electrons. The third-order valence-electron chi connectivity index (χ3n) is 3.60. The summed E-state index contributed by atoms with van der Waals surface area (Å²) in [6.45, 7) is -0.0226. The molecule has 8 heteroatoms. The molecule has 26 heavy (non-hydrogen) atoms. The maximum atomic E-state index is 12.4. The van der Waals surface area contributed by atoms with Crippen molar-refractivity contribution in [2.75, 3.05) is 21.3 Å². The van der Waals surface area contributed by atoms with Crippen LogP contribution in [0.5, 0.6) is 17.2 Å². The summed E-state index contributed by atoms with van der Waals surface area (Å²) in [5.41, 5.74) is 0.744. The molecule has 0 aliphatic heterocycles. The van der Waals surface area contributed by atoms with Crippen molar-refractivity contribution < 1.29 is 28.3 Å². The summed E-state index contributed by atoms with van der Waals surface area (Å²) in [6, 6.07) is 8.76. The number of thiophene rings is 1. The Labute approximate surface area is 154 Å². The molecule has 2 heterocycles. The van der Waals surface area contributed by atoms with Gasteiger partial charge in [-0.15, -0.1) is 11.3 Å². The summed E-state index contributed by atoms with van der Waals surface area (Å²) in [4.78, 5) is 13.4. The van der Waals surface area contributed by atoms with Gasteiger partial charge in [0.15, 0.2) is 17.3 Å². The summed E-state index contributed by atoms with van der Waals surface area (Å²) >= 11 is 1.54. The Kier molecular flexibility index (Phi) is 5.43. The molecule has 0 saturated heterocycles. The maximum Gasteiger partial charge on any atom is 0.342 e. The largest absolute Gasteiger partial charge is 0.493 e. The molecule has 7 nitrogen and oxygen atoms in total. The average Bonchev–Trinajstić information content (AvgIpc) is 3.35. The first-order valence-corrected chi connectivity index (χ1v) is 8.51. The van der Waals surface area contributed by atoms with E-state index in [2.05, 4.69) is 5.16 Å². The Bertz CT molecular complexity index is 887. The van der Waals surface area contributed by atoms with Gasteiger partial charge in [-0.3, -0.25) is 0 Å². The first-order chi connectivity index (χ1) is 12.7. The molecule has 0 radical (unpaired) electrons. The Balaban J connectivity index is 1.74. The van der Waals surface area contributed by atoms with Crippen molar-refractivity contribution in [3.05, 3.63) is 47.0 Å². The quantitative estimate of drug-likeness (QED) is 0.581. The van der Waals surface area contributed by atoms with Crippen LogP contribution in [0.15, 0.2) is 40.2 Å². The monoisotopic (exact) mass is 375 g/mol. The first-order valence-electron chi connectivity index (χ1n) is 7.63. The Morgan fingerprint density at radius 1 is 1.12 bits per heavy atom. The summed E-state index contributed by atoms with van der Waals surface area (Å²) in [5.74, 6) is 1.10. The fraction of sp³-hybridized carbons (Fsp3) is 0.222. The minimum absolute atomic E-state index is 0.0226. The number of ether oxygens (including phenoxy) is 4. The van der Waals surface area contributed by atoms with Crippen molar-refractivity contribution in [2.45, 2.75) is 6.61 Å². The van der Waals surface area contributed by atoms with Crippen LogP contribution in [0.25, 0.3) is 10.6 Å². The van der Waals surface area contributed by atoms with Crippen molar-refractivity contribution in [1.29, 1.82) is 0 Å². The number of benzene rings is 1. The smallest absolute Gasteiger partial charge is 0.342 e. The second kappa shape index (κ2) is 7.92. The highest BCUT2D eigenvalue weighted by molar-refractivity contribution is 7.13. The topological polar surface area (TPSA) is 80.0 Å². The van der Waals surface area contributed by atoms with Crippen LogP contribution in [0.1, 0.15) is 16.1 Å². The normalized spacial score (nSPS) is 10.4. The van der Waals surface area contributed by atoms with Crippen LogP contribution in [-0.2, 0) is 11.3 Å². The minimum Gasteiger partial charge on any atom is -0.493 e. The fourth-order valence-electron chi connectivity index (χ4n) is 2.39. The summed E-state index contributed by atoms with van der Waals surface area (Å²) in [6.07, 6.45) is 0. The standard InChI is InChI=1S/C18H17NO6S/c1-21-13-7-6-12(16(22-2)17(13)23-3)18(20)24-10-11-9-14(25-19-11)15-5-4-8-26-15/h4-9H,10H2,1-3H3. The predicted octanol–water partition coefficient (Wildman–Crippen LogP) is 3.79. The predicted molar refractivity (Wildman–Crippen MR) is 95.0 cm³/mol. The second-order valence-corrected chi connectivity index (χ2v) is 6.07. The van der Waals surface area contributed by atoms with Crippen LogP contribution in [0.2, 0.25) is 0 Å². The van der Waals surface area contributed by atoms with E-state index < -0.39 is 5.97 Å². The summed E-state index contributed by atoms with van der Waals surface area (Å²) in [5, 5.41) is 5.87. The van der Waals surface area contributed by atoms with E-state index in [4.69, 9.17) is 23.5 Å². The van der Waals surface area contributed by atoms with Gasteiger partial charge in [-0.2, -0.15) is 0 Å². The summed E-state index contributed by atoms with van der Waals surface area (Å²) in [7, 11) is 4.42. The molecular weight excluding hydrogens is 358 g/mol. The first kappa shape index (κ1) is 17.8. The van der Waals surface area contributed by atoms with Crippen LogP contribution < -0.4 is 14.2 Å². The van der Waals surface area contributed by atoms with E-state index >= 15 is 0 Å². The van der Waals surface area contributed by atoms with E-state index in [1.165, 1.54) is 32.7 Å². The molecule has 0 saturated carbocycles. The molecule has 0 unspecified atom stereocenters. The van der Waals surface area contributed by atoms with Gasteiger partial charge in [-0.1, -0.05) is 11.2 Å². The molecule has 0 spiro atoms. The molecule has 1 aromatic carbocycles. The SMILES string of the molecule is COc1ccc(C(=O)OCc2cc(-c3cccs3)on2)c(OC)c1OC. The fourth-order valence-corrected chi connectivity index (χ4v) is 3.07. The van der Waals surface area contributed by atoms with Crippen molar-refractivity contribution in [2.24, 2.45) is 0 Å². The van der Waals surface area contributed by atoms with Gasteiger partial charge in [-0.25, -0.2) is 4.79 Å². The number of hydrogen-bond donors (Lipinski definition) is 0. The van der Waals surface area contributed by atoms with Crippen LogP contribution >= 0.6 is 11.3 Å². The van der Waals surface area contributed by atoms with Gasteiger partial charge in [0, 0.05) is 6.07 Å². The number of methoxy groups -OCH3 is 3. The van der Waals surface area contributed by atoms with Gasteiger partial charge >= 0.3 is 5.97 Å². The average molecular weight is 375 g/mol. The highest BCUT2D eigenvalue weighted by Crippen LogP contribution is 2.40. The lowest BCUT2D eigenvalue weighted by Gasteiger charge is -2.14. The van der Waals surface area contributed by atoms with Crippen molar-refractivity contribution in [3.8, 4) is 27.9 Å². The lowest BCUT2D eigenvalue weighted by Crippen LogP contribution is -2.08. The molecule has 3 aromatic rings. The molecule has 0 atom stereocenters. The van der Waals surface area contributed by atoms with E-state index in [0.29, 0.717) is 23.0 Å². The number of carbonyl (C=O) groups is 1. The number of rotatable bonds is 7. The van der Waals surface area contributed by atoms with E-state index in [1.807, 2.05) is 17.5 Å². The van der Waals surface area contributed by atoms with Gasteiger partial charge in [0.25, 0.3) is 0 Å². The van der Waals surface area contributed by atoms with Crippen molar-refractivity contribution in [3.63, 3.8) is 0 Å². The van der Waals surface area contributed by atoms with Gasteiger partial charge in [0.2, 0.25) is 5.75 Å². The molecule has 3 rings (SSSR count). The third kappa shape index (κ3) is 3.50. The van der Waals surface area contributed by atoms with E-state index in [0.717, 1.165) is 4.88 Å². The molecule has 0 fully saturated rings. The van der Waals surface area contributed by atoms with E-state index in [1.54, 1.807) is 18.2 Å². The molecule has 0 aliphatic rings. The molecule has 0 N–H and O–H groups in total. The molecule has 0 bridgehead atoms. The number of nitrogens with zero attached hydrogens (tertiary/aromatic N) is 1. The number of aromatic nitrogens is 1. The Morgan fingerprint density at radius 2 is 1.92 bits per heavy atom. The highest BCUT2D eigenvalue weighted by Gasteiger charge is 2.22. The Hall–Kier alpha value is -3.00. The van der Waals surface area contributed by atoms with E-state index in [-0.39, 0.29) is 17.9 Å². The third-order valence-corrected chi connectivity index (χ3v) is 4.48. The highest BCUT2D eigenvalue weighted by atomic mass is 32.1.